The first-order valence-corrected chi connectivity index (χ1v) is 5.17. The van der Waals surface area contributed by atoms with Crippen LogP contribution in [0.25, 0.3) is 0 Å². The van der Waals surface area contributed by atoms with Crippen LogP contribution in [0.1, 0.15) is 47.0 Å². The first-order chi connectivity index (χ1) is 6.49. The molecule has 0 N–H and O–H groups in total. The van der Waals surface area contributed by atoms with Gasteiger partial charge in [0.15, 0.2) is 0 Å². The van der Waals surface area contributed by atoms with E-state index in [1.54, 1.807) is 13.8 Å². The van der Waals surface area contributed by atoms with Crippen LogP contribution in [0, 0.1) is 5.41 Å². The summed E-state index contributed by atoms with van der Waals surface area (Å²) in [5, 5.41) is 0. The molecular weight excluding hydrogens is 180 g/mol. The lowest BCUT2D eigenvalue weighted by molar-refractivity contribution is -0.159. The summed E-state index contributed by atoms with van der Waals surface area (Å²) in [5.41, 5.74) is -0.938. The van der Waals surface area contributed by atoms with Gasteiger partial charge in [-0.1, -0.05) is 19.8 Å². The maximum absolute atomic E-state index is 11.6. The molecule has 0 radical (unpaired) electrons. The van der Waals surface area contributed by atoms with Gasteiger partial charge in [-0.15, -0.1) is 0 Å². The molecule has 0 aliphatic heterocycles. The first-order valence-electron chi connectivity index (χ1n) is 5.17. The highest BCUT2D eigenvalue weighted by molar-refractivity contribution is 6.02. The summed E-state index contributed by atoms with van der Waals surface area (Å²) in [6.07, 6.45) is 2.43. The van der Waals surface area contributed by atoms with Gasteiger partial charge in [-0.3, -0.25) is 9.59 Å². The van der Waals surface area contributed by atoms with E-state index in [1.165, 1.54) is 6.92 Å². The van der Waals surface area contributed by atoms with Crippen LogP contribution >= 0.6 is 0 Å². The van der Waals surface area contributed by atoms with Gasteiger partial charge in [-0.25, -0.2) is 0 Å². The highest BCUT2D eigenvalue weighted by Crippen LogP contribution is 2.27. The number of ether oxygens (including phenoxy) is 1. The molecule has 82 valence electrons. The number of carbonyl (C=O) groups is 2. The SMILES string of the molecule is CCCC[C@@](C)(C(C)=O)C(=O)OCC. The average Bonchev–Trinajstić information content (AvgIpc) is 2.14. The standard InChI is InChI=1S/C11H20O3/c1-5-7-8-11(4,9(3)12)10(13)14-6-2/h5-8H2,1-4H3/t11-/m0/s1. The largest absolute Gasteiger partial charge is 0.465 e. The zero-order valence-corrected chi connectivity index (χ0v) is 9.55. The summed E-state index contributed by atoms with van der Waals surface area (Å²) in [6, 6.07) is 0. The van der Waals surface area contributed by atoms with Gasteiger partial charge in [-0.2, -0.15) is 0 Å². The number of rotatable bonds is 6. The third-order valence-electron chi connectivity index (χ3n) is 2.53. The van der Waals surface area contributed by atoms with Crippen LogP contribution in [-0.4, -0.2) is 18.4 Å². The molecule has 0 amide bonds. The number of ketones is 1. The number of Topliss-reactive ketones (excluding diaryl/α,β-unsaturated/α-hetero) is 1. The number of carbonyl (C=O) groups excluding carboxylic acids is 2. The predicted molar refractivity (Wildman–Crippen MR) is 54.9 cm³/mol. The van der Waals surface area contributed by atoms with Crippen molar-refractivity contribution in [2.24, 2.45) is 5.41 Å². The van der Waals surface area contributed by atoms with Crippen LogP contribution in [0.4, 0.5) is 0 Å². The highest BCUT2D eigenvalue weighted by Gasteiger charge is 2.38. The van der Waals surface area contributed by atoms with Crippen molar-refractivity contribution < 1.29 is 14.3 Å². The fraction of sp³-hybridized carbons (Fsp3) is 0.818. The van der Waals surface area contributed by atoms with Gasteiger partial charge in [0, 0.05) is 0 Å². The topological polar surface area (TPSA) is 43.4 Å². The van der Waals surface area contributed by atoms with Gasteiger partial charge in [0.25, 0.3) is 0 Å². The molecule has 1 atom stereocenters. The first kappa shape index (κ1) is 13.1. The molecule has 0 aromatic carbocycles. The van der Waals surface area contributed by atoms with E-state index in [0.717, 1.165) is 12.8 Å². The minimum atomic E-state index is -0.938. The Morgan fingerprint density at radius 1 is 1.29 bits per heavy atom. The lowest BCUT2D eigenvalue weighted by Gasteiger charge is -2.23. The maximum atomic E-state index is 11.6. The fourth-order valence-corrected chi connectivity index (χ4v) is 1.24. The molecule has 0 rings (SSSR count). The van der Waals surface area contributed by atoms with Crippen LogP contribution in [0.3, 0.4) is 0 Å². The van der Waals surface area contributed by atoms with Gasteiger partial charge < -0.3 is 4.74 Å². The molecule has 0 aromatic rings. The van der Waals surface area contributed by atoms with Crippen LogP contribution in [0.5, 0.6) is 0 Å². The Labute approximate surface area is 85.8 Å². The minimum Gasteiger partial charge on any atom is -0.465 e. The third kappa shape index (κ3) is 3.13. The Morgan fingerprint density at radius 2 is 1.86 bits per heavy atom. The summed E-state index contributed by atoms with van der Waals surface area (Å²) in [6.45, 7) is 7.23. The molecule has 0 fully saturated rings. The maximum Gasteiger partial charge on any atom is 0.319 e. The van der Waals surface area contributed by atoms with Gasteiger partial charge in [0.2, 0.25) is 0 Å². The molecule has 0 unspecified atom stereocenters. The second-order valence-corrected chi connectivity index (χ2v) is 3.71. The van der Waals surface area contributed by atoms with Crippen molar-refractivity contribution in [3.8, 4) is 0 Å². The van der Waals surface area contributed by atoms with Crippen molar-refractivity contribution in [1.82, 2.24) is 0 Å². The average molecular weight is 200 g/mol. The molecule has 3 heteroatoms. The lowest BCUT2D eigenvalue weighted by atomic mass is 9.81. The van der Waals surface area contributed by atoms with E-state index in [0.29, 0.717) is 13.0 Å². The Morgan fingerprint density at radius 3 is 2.21 bits per heavy atom. The molecule has 0 spiro atoms. The second kappa shape index (κ2) is 5.78. The molecule has 0 saturated heterocycles. The van der Waals surface area contributed by atoms with Crippen LogP contribution in [-0.2, 0) is 14.3 Å². The molecule has 0 aliphatic carbocycles. The quantitative estimate of drug-likeness (QED) is 0.488. The molecule has 0 aliphatic rings. The monoisotopic (exact) mass is 200 g/mol. The fourth-order valence-electron chi connectivity index (χ4n) is 1.24. The highest BCUT2D eigenvalue weighted by atomic mass is 16.5. The Kier molecular flexibility index (Phi) is 5.43. The summed E-state index contributed by atoms with van der Waals surface area (Å²) in [5.74, 6) is -0.495. The van der Waals surface area contributed by atoms with Crippen molar-refractivity contribution >= 4 is 11.8 Å². The Balaban J connectivity index is 4.53. The summed E-state index contributed by atoms with van der Waals surface area (Å²) in [7, 11) is 0. The molecule has 0 bridgehead atoms. The van der Waals surface area contributed by atoms with E-state index >= 15 is 0 Å². The van der Waals surface area contributed by atoms with E-state index < -0.39 is 5.41 Å². The molecular formula is C11H20O3. The Hall–Kier alpha value is -0.860. The predicted octanol–water partition coefficient (Wildman–Crippen LogP) is 2.33. The number of hydrogen-bond donors (Lipinski definition) is 0. The molecule has 3 nitrogen and oxygen atoms in total. The van der Waals surface area contributed by atoms with E-state index in [4.69, 9.17) is 4.74 Å². The van der Waals surface area contributed by atoms with Crippen molar-refractivity contribution in [3.05, 3.63) is 0 Å². The zero-order valence-electron chi connectivity index (χ0n) is 9.55. The third-order valence-corrected chi connectivity index (χ3v) is 2.53. The van der Waals surface area contributed by atoms with Crippen LogP contribution in [0.2, 0.25) is 0 Å². The summed E-state index contributed by atoms with van der Waals surface area (Å²) >= 11 is 0. The molecule has 0 heterocycles. The molecule has 0 aromatic heterocycles. The van der Waals surface area contributed by atoms with E-state index in [9.17, 15) is 9.59 Å². The van der Waals surface area contributed by atoms with Crippen LogP contribution in [0.15, 0.2) is 0 Å². The smallest absolute Gasteiger partial charge is 0.319 e. The summed E-state index contributed by atoms with van der Waals surface area (Å²) in [4.78, 5) is 23.0. The van der Waals surface area contributed by atoms with E-state index in [-0.39, 0.29) is 11.8 Å². The lowest BCUT2D eigenvalue weighted by Crippen LogP contribution is -2.36. The molecule has 14 heavy (non-hydrogen) atoms. The summed E-state index contributed by atoms with van der Waals surface area (Å²) < 4.78 is 4.91. The Bertz CT molecular complexity index is 211. The van der Waals surface area contributed by atoms with Gasteiger partial charge in [0.05, 0.1) is 6.61 Å². The normalized spacial score (nSPS) is 14.6. The van der Waals surface area contributed by atoms with Crippen molar-refractivity contribution in [3.63, 3.8) is 0 Å². The zero-order chi connectivity index (χ0) is 11.2. The van der Waals surface area contributed by atoms with Crippen LogP contribution < -0.4 is 0 Å². The number of esters is 1. The molecule has 0 saturated carbocycles. The van der Waals surface area contributed by atoms with Crippen molar-refractivity contribution in [2.45, 2.75) is 47.0 Å². The number of unbranched alkanes of at least 4 members (excludes halogenated alkanes) is 1. The van der Waals surface area contributed by atoms with E-state index in [2.05, 4.69) is 0 Å². The van der Waals surface area contributed by atoms with Crippen molar-refractivity contribution in [1.29, 1.82) is 0 Å². The van der Waals surface area contributed by atoms with E-state index in [1.807, 2.05) is 6.92 Å². The van der Waals surface area contributed by atoms with Gasteiger partial charge >= 0.3 is 5.97 Å². The van der Waals surface area contributed by atoms with Crippen molar-refractivity contribution in [2.75, 3.05) is 6.61 Å². The number of hydrogen-bond acceptors (Lipinski definition) is 3. The minimum absolute atomic E-state index is 0.107. The second-order valence-electron chi connectivity index (χ2n) is 3.71. The van der Waals surface area contributed by atoms with Gasteiger partial charge in [0.1, 0.15) is 11.2 Å². The van der Waals surface area contributed by atoms with Gasteiger partial charge in [-0.05, 0) is 27.2 Å².